The second-order valence-electron chi connectivity index (χ2n) is 6.34. The number of hydrogen-bond donors (Lipinski definition) is 1. The number of aromatic amines is 1. The van der Waals surface area contributed by atoms with Crippen LogP contribution in [0.5, 0.6) is 0 Å². The van der Waals surface area contributed by atoms with Gasteiger partial charge in [0.1, 0.15) is 11.6 Å². The maximum Gasteiger partial charge on any atom is 0.272 e. The second-order valence-corrected chi connectivity index (χ2v) is 7.42. The van der Waals surface area contributed by atoms with Gasteiger partial charge in [-0.25, -0.2) is 9.97 Å². The summed E-state index contributed by atoms with van der Waals surface area (Å²) in [6, 6.07) is 4.92. The van der Waals surface area contributed by atoms with Crippen LogP contribution in [0.15, 0.2) is 24.5 Å². The zero-order valence-corrected chi connectivity index (χ0v) is 14.2. The van der Waals surface area contributed by atoms with E-state index in [1.54, 1.807) is 30.6 Å². The predicted octanol–water partition coefficient (Wildman–Crippen LogP) is 3.62. The number of hydrogen-bond acceptors (Lipinski definition) is 6. The maximum atomic E-state index is 12.6. The van der Waals surface area contributed by atoms with E-state index < -0.39 is 11.2 Å². The van der Waals surface area contributed by atoms with E-state index in [0.29, 0.717) is 27.3 Å². The predicted molar refractivity (Wildman–Crippen MR) is 90.9 cm³/mol. The third kappa shape index (κ3) is 2.72. The van der Waals surface area contributed by atoms with Crippen LogP contribution in [0, 0.1) is 16.7 Å². The number of nitriles is 1. The molecule has 0 aliphatic heterocycles. The monoisotopic (exact) mass is 338 g/mol. The van der Waals surface area contributed by atoms with E-state index in [1.807, 2.05) is 20.8 Å². The van der Waals surface area contributed by atoms with Gasteiger partial charge in [-0.15, -0.1) is 11.3 Å². The van der Waals surface area contributed by atoms with Crippen LogP contribution in [0.3, 0.4) is 0 Å². The molecule has 0 spiro atoms. The number of rotatable bonds is 3. The van der Waals surface area contributed by atoms with Crippen molar-refractivity contribution in [1.82, 2.24) is 15.0 Å². The molecule has 3 heterocycles. The fraction of sp³-hybridized carbons (Fsp3) is 0.235. The third-order valence-corrected chi connectivity index (χ3v) is 4.60. The molecule has 24 heavy (non-hydrogen) atoms. The van der Waals surface area contributed by atoms with Crippen LogP contribution < -0.4 is 0 Å². The first-order valence-electron chi connectivity index (χ1n) is 7.25. The molecule has 7 heteroatoms. The van der Waals surface area contributed by atoms with Crippen LogP contribution in [0.1, 0.15) is 40.8 Å². The van der Waals surface area contributed by atoms with Crippen molar-refractivity contribution < 1.29 is 9.59 Å². The minimum absolute atomic E-state index is 0.0215. The lowest BCUT2D eigenvalue weighted by molar-refractivity contribution is 0.0860. The lowest BCUT2D eigenvalue weighted by Crippen LogP contribution is -2.20. The molecule has 6 nitrogen and oxygen atoms in total. The molecule has 0 bridgehead atoms. The van der Waals surface area contributed by atoms with E-state index in [0.717, 1.165) is 4.88 Å². The van der Waals surface area contributed by atoms with Gasteiger partial charge in [0.2, 0.25) is 0 Å². The fourth-order valence-corrected chi connectivity index (χ4v) is 3.09. The number of nitrogens with zero attached hydrogens (tertiary/aromatic N) is 3. The molecule has 0 aliphatic rings. The zero-order chi connectivity index (χ0) is 17.5. The van der Waals surface area contributed by atoms with Gasteiger partial charge in [-0.2, -0.15) is 5.26 Å². The summed E-state index contributed by atoms with van der Waals surface area (Å²) in [4.78, 5) is 36.9. The Morgan fingerprint density at radius 1 is 1.29 bits per heavy atom. The first-order chi connectivity index (χ1) is 11.3. The highest BCUT2D eigenvalue weighted by molar-refractivity contribution is 7.17. The second kappa shape index (κ2) is 5.65. The lowest BCUT2D eigenvalue weighted by atomic mass is 9.87. The molecule has 0 unspecified atom stereocenters. The largest absolute Gasteiger partial charge is 0.344 e. The lowest BCUT2D eigenvalue weighted by Gasteiger charge is -2.15. The van der Waals surface area contributed by atoms with E-state index in [9.17, 15) is 9.59 Å². The van der Waals surface area contributed by atoms with Gasteiger partial charge in [0.15, 0.2) is 11.4 Å². The molecule has 120 valence electrons. The quantitative estimate of drug-likeness (QED) is 0.581. The van der Waals surface area contributed by atoms with Crippen LogP contribution in [0.25, 0.3) is 21.7 Å². The standard InChI is InChI=1S/C17H14N4O2S/c1-17(2,3)15(23)9-7-19-16-14(9)21-10(8-20-16)12-4-5-13(24-12)11(22)6-18/h4-5,7-8H,1-3H3,(H,19,20). The molecular weight excluding hydrogens is 324 g/mol. The molecule has 0 atom stereocenters. The molecule has 0 saturated carbocycles. The van der Waals surface area contributed by atoms with Crippen LogP contribution in [-0.4, -0.2) is 26.5 Å². The number of fused-ring (bicyclic) bond motifs is 1. The van der Waals surface area contributed by atoms with E-state index in [2.05, 4.69) is 15.0 Å². The Bertz CT molecular complexity index is 1000. The summed E-state index contributed by atoms with van der Waals surface area (Å²) >= 11 is 1.18. The van der Waals surface area contributed by atoms with Crippen LogP contribution in [0.4, 0.5) is 0 Å². The Morgan fingerprint density at radius 3 is 2.71 bits per heavy atom. The van der Waals surface area contributed by atoms with Crippen LogP contribution in [0.2, 0.25) is 0 Å². The topological polar surface area (TPSA) is 99.5 Å². The molecular formula is C17H14N4O2S. The smallest absolute Gasteiger partial charge is 0.272 e. The molecule has 0 aliphatic carbocycles. The first kappa shape index (κ1) is 16.0. The Labute approximate surface area is 142 Å². The summed E-state index contributed by atoms with van der Waals surface area (Å²) < 4.78 is 0. The van der Waals surface area contributed by atoms with Gasteiger partial charge in [-0.1, -0.05) is 20.8 Å². The number of ketones is 2. The van der Waals surface area contributed by atoms with Crippen molar-refractivity contribution in [3.8, 4) is 16.6 Å². The SMILES string of the molecule is CC(C)(C)C(=O)c1c[nH]c2ncc(-c3ccc(C(=O)C#N)s3)nc12. The molecule has 0 saturated heterocycles. The van der Waals surface area contributed by atoms with Crippen molar-refractivity contribution in [2.24, 2.45) is 5.41 Å². The summed E-state index contributed by atoms with van der Waals surface area (Å²) in [6.07, 6.45) is 3.21. The van der Waals surface area contributed by atoms with Crippen molar-refractivity contribution >= 4 is 34.1 Å². The number of thiophene rings is 1. The summed E-state index contributed by atoms with van der Waals surface area (Å²) in [5, 5.41) is 8.69. The molecule has 0 radical (unpaired) electrons. The summed E-state index contributed by atoms with van der Waals surface area (Å²) in [6.45, 7) is 5.56. The summed E-state index contributed by atoms with van der Waals surface area (Å²) in [5.74, 6) is -0.600. The maximum absolute atomic E-state index is 12.6. The van der Waals surface area contributed by atoms with Crippen molar-refractivity contribution in [3.63, 3.8) is 0 Å². The van der Waals surface area contributed by atoms with Crippen molar-refractivity contribution in [2.45, 2.75) is 20.8 Å². The average Bonchev–Trinajstić information content (AvgIpc) is 3.18. The van der Waals surface area contributed by atoms with Gasteiger partial charge < -0.3 is 4.98 Å². The normalized spacial score (nSPS) is 11.4. The highest BCUT2D eigenvalue weighted by Crippen LogP contribution is 2.30. The molecule has 0 amide bonds. The van der Waals surface area contributed by atoms with Gasteiger partial charge in [0.05, 0.1) is 27.2 Å². The summed E-state index contributed by atoms with van der Waals surface area (Å²) in [7, 11) is 0. The van der Waals surface area contributed by atoms with Crippen molar-refractivity contribution in [2.75, 3.05) is 0 Å². The van der Waals surface area contributed by atoms with Crippen LogP contribution in [-0.2, 0) is 0 Å². The highest BCUT2D eigenvalue weighted by Gasteiger charge is 2.26. The first-order valence-corrected chi connectivity index (χ1v) is 8.06. The number of H-pyrrole nitrogens is 1. The van der Waals surface area contributed by atoms with E-state index >= 15 is 0 Å². The Balaban J connectivity index is 2.08. The molecule has 3 rings (SSSR count). The summed E-state index contributed by atoms with van der Waals surface area (Å²) in [5.41, 5.74) is 1.58. The van der Waals surface area contributed by atoms with Gasteiger partial charge in [-0.3, -0.25) is 9.59 Å². The molecule has 0 aromatic carbocycles. The average molecular weight is 338 g/mol. The number of nitrogens with one attached hydrogen (secondary N) is 1. The van der Waals surface area contributed by atoms with E-state index in [1.165, 1.54) is 11.3 Å². The number of carbonyl (C=O) groups is 2. The Kier molecular flexibility index (Phi) is 3.78. The minimum atomic E-state index is -0.578. The van der Waals surface area contributed by atoms with Gasteiger partial charge in [0.25, 0.3) is 5.78 Å². The van der Waals surface area contributed by atoms with Crippen LogP contribution >= 0.6 is 11.3 Å². The molecule has 1 N–H and O–H groups in total. The van der Waals surface area contributed by atoms with Gasteiger partial charge in [0, 0.05) is 11.6 Å². The van der Waals surface area contributed by atoms with Gasteiger partial charge in [-0.05, 0) is 12.1 Å². The minimum Gasteiger partial charge on any atom is -0.344 e. The van der Waals surface area contributed by atoms with Crippen molar-refractivity contribution in [3.05, 3.63) is 35.0 Å². The molecule has 3 aromatic heterocycles. The number of aromatic nitrogens is 3. The number of carbonyl (C=O) groups excluding carboxylic acids is 2. The fourth-order valence-electron chi connectivity index (χ4n) is 2.24. The zero-order valence-electron chi connectivity index (χ0n) is 13.4. The van der Waals surface area contributed by atoms with E-state index in [4.69, 9.17) is 5.26 Å². The van der Waals surface area contributed by atoms with E-state index in [-0.39, 0.29) is 5.78 Å². The third-order valence-electron chi connectivity index (χ3n) is 3.49. The molecule has 3 aromatic rings. The number of Topliss-reactive ketones (excluding diaryl/α,β-unsaturated/α-hetero) is 2. The highest BCUT2D eigenvalue weighted by atomic mass is 32.1. The Morgan fingerprint density at radius 2 is 2.04 bits per heavy atom. The molecule has 0 fully saturated rings. The van der Waals surface area contributed by atoms with Crippen molar-refractivity contribution in [1.29, 1.82) is 5.26 Å². The Hall–Kier alpha value is -2.85. The van der Waals surface area contributed by atoms with Gasteiger partial charge >= 0.3 is 0 Å².